The second kappa shape index (κ2) is 9.80. The zero-order chi connectivity index (χ0) is 24.2. The first-order chi connectivity index (χ1) is 16.4. The highest BCUT2D eigenvalue weighted by Gasteiger charge is 2.31. The summed E-state index contributed by atoms with van der Waals surface area (Å²) in [6.07, 6.45) is -1.04. The third-order valence-corrected chi connectivity index (χ3v) is 5.79. The number of nitriles is 1. The predicted molar refractivity (Wildman–Crippen MR) is 126 cm³/mol. The summed E-state index contributed by atoms with van der Waals surface area (Å²) in [5.41, 5.74) is 0.611. The largest absolute Gasteiger partial charge is 0.497 e. The minimum absolute atomic E-state index is 0.0396. The Labute approximate surface area is 200 Å². The lowest BCUT2D eigenvalue weighted by Crippen LogP contribution is -2.55. The number of ether oxygens (including phenoxy) is 1. The van der Waals surface area contributed by atoms with E-state index in [2.05, 4.69) is 15.3 Å². The van der Waals surface area contributed by atoms with E-state index < -0.39 is 18.0 Å². The molecule has 0 bridgehead atoms. The van der Waals surface area contributed by atoms with Crippen LogP contribution in [0.3, 0.4) is 0 Å². The Balaban J connectivity index is 1.61. The molecule has 174 valence electrons. The number of piperazine rings is 1. The highest BCUT2D eigenvalue weighted by molar-refractivity contribution is 6.28. The molecular weight excluding hydrogens is 460 g/mol. The van der Waals surface area contributed by atoms with Crippen LogP contribution in [0.25, 0.3) is 10.8 Å². The minimum atomic E-state index is -1.08. The number of hydrogen-bond acceptors (Lipinski definition) is 7. The van der Waals surface area contributed by atoms with Crippen LogP contribution in [0.1, 0.15) is 16.9 Å². The molecule has 2 aromatic carbocycles. The second-order valence-corrected chi connectivity index (χ2v) is 8.01. The summed E-state index contributed by atoms with van der Waals surface area (Å²) in [5.74, 6) is 0.491. The van der Waals surface area contributed by atoms with Crippen LogP contribution in [0.4, 0.5) is 16.3 Å². The van der Waals surface area contributed by atoms with Gasteiger partial charge in [-0.15, -0.1) is 0 Å². The minimum Gasteiger partial charge on any atom is -0.497 e. The first-order valence-electron chi connectivity index (χ1n) is 10.4. The van der Waals surface area contributed by atoms with Crippen molar-refractivity contribution in [2.24, 2.45) is 0 Å². The molecule has 2 amide bonds. The van der Waals surface area contributed by atoms with Crippen LogP contribution in [0.2, 0.25) is 5.28 Å². The molecule has 3 aromatic rings. The van der Waals surface area contributed by atoms with E-state index in [1.165, 1.54) is 11.0 Å². The van der Waals surface area contributed by atoms with Gasteiger partial charge in [0.1, 0.15) is 17.3 Å². The van der Waals surface area contributed by atoms with Crippen molar-refractivity contribution in [2.45, 2.75) is 12.5 Å². The average Bonchev–Trinajstić information content (AvgIpc) is 2.83. The van der Waals surface area contributed by atoms with Gasteiger partial charge in [-0.25, -0.2) is 14.8 Å². The third-order valence-electron chi connectivity index (χ3n) is 5.62. The summed E-state index contributed by atoms with van der Waals surface area (Å²) in [5, 5.41) is 23.0. The first-order valence-corrected chi connectivity index (χ1v) is 10.8. The number of halogens is 1. The van der Waals surface area contributed by atoms with Gasteiger partial charge < -0.3 is 25.0 Å². The summed E-state index contributed by atoms with van der Waals surface area (Å²) >= 11 is 6.13. The number of methoxy groups -OCH3 is 1. The van der Waals surface area contributed by atoms with Crippen molar-refractivity contribution in [1.82, 2.24) is 14.9 Å². The molecule has 0 spiro atoms. The number of hydrogen-bond donors (Lipinski definition) is 2. The number of carbonyl (C=O) groups excluding carboxylic acids is 1. The van der Waals surface area contributed by atoms with Crippen molar-refractivity contribution in [2.75, 3.05) is 37.0 Å². The molecule has 34 heavy (non-hydrogen) atoms. The molecule has 1 atom stereocenters. The number of fused-ring (bicyclic) bond motifs is 1. The Kier molecular flexibility index (Phi) is 6.65. The Bertz CT molecular complexity index is 1290. The molecule has 1 saturated heterocycles. The van der Waals surface area contributed by atoms with Crippen molar-refractivity contribution in [3.8, 4) is 11.8 Å². The van der Waals surface area contributed by atoms with E-state index in [0.717, 1.165) is 10.8 Å². The number of nitrogens with zero attached hydrogens (tertiary/aromatic N) is 5. The van der Waals surface area contributed by atoms with Gasteiger partial charge in [-0.1, -0.05) is 24.3 Å². The topological polar surface area (TPSA) is 132 Å². The average molecular weight is 481 g/mol. The van der Waals surface area contributed by atoms with Crippen LogP contribution in [-0.2, 0) is 0 Å². The maximum atomic E-state index is 13.1. The molecule has 4 rings (SSSR count). The molecule has 0 saturated carbocycles. The summed E-state index contributed by atoms with van der Waals surface area (Å²) in [6.45, 7) is 0.776. The summed E-state index contributed by atoms with van der Waals surface area (Å²) < 4.78 is 5.35. The second-order valence-electron chi connectivity index (χ2n) is 7.67. The molecule has 1 aliphatic heterocycles. The molecule has 2 N–H and O–H groups in total. The molecule has 11 heteroatoms. The van der Waals surface area contributed by atoms with Crippen molar-refractivity contribution < 1.29 is 19.4 Å². The lowest BCUT2D eigenvalue weighted by molar-refractivity contribution is 0.102. The van der Waals surface area contributed by atoms with Gasteiger partial charge in [0.25, 0.3) is 5.91 Å². The number of anilines is 2. The highest BCUT2D eigenvalue weighted by atomic mass is 35.5. The van der Waals surface area contributed by atoms with Crippen molar-refractivity contribution >= 4 is 45.9 Å². The van der Waals surface area contributed by atoms with Gasteiger partial charge in [0.2, 0.25) is 5.28 Å². The number of benzene rings is 2. The fourth-order valence-corrected chi connectivity index (χ4v) is 4.15. The zero-order valence-corrected chi connectivity index (χ0v) is 19.0. The number of aromatic nitrogens is 2. The van der Waals surface area contributed by atoms with Gasteiger partial charge in [0, 0.05) is 37.2 Å². The Morgan fingerprint density at radius 1 is 1.26 bits per heavy atom. The number of rotatable bonds is 5. The Hall–Kier alpha value is -4.10. The van der Waals surface area contributed by atoms with Crippen molar-refractivity contribution in [3.63, 3.8) is 0 Å². The van der Waals surface area contributed by atoms with Crippen molar-refractivity contribution in [1.29, 1.82) is 5.26 Å². The van der Waals surface area contributed by atoms with Crippen LogP contribution < -0.4 is 15.0 Å². The quantitative estimate of drug-likeness (QED) is 0.529. The number of nitrogens with one attached hydrogen (secondary N) is 1. The molecule has 2 heterocycles. The normalized spacial score (nSPS) is 15.6. The van der Waals surface area contributed by atoms with E-state index in [1.807, 2.05) is 36.4 Å². The van der Waals surface area contributed by atoms with E-state index in [4.69, 9.17) is 21.6 Å². The van der Waals surface area contributed by atoms with E-state index in [-0.39, 0.29) is 30.5 Å². The summed E-state index contributed by atoms with van der Waals surface area (Å²) in [6, 6.07) is 14.2. The Morgan fingerprint density at radius 2 is 2.06 bits per heavy atom. The summed E-state index contributed by atoms with van der Waals surface area (Å²) in [7, 11) is 1.55. The maximum Gasteiger partial charge on any atom is 0.407 e. The highest BCUT2D eigenvalue weighted by Crippen LogP contribution is 2.30. The van der Waals surface area contributed by atoms with Gasteiger partial charge in [-0.3, -0.25) is 4.79 Å². The molecule has 10 nitrogen and oxygen atoms in total. The molecule has 0 unspecified atom stereocenters. The number of carboxylic acid groups (broad SMARTS) is 1. The molecular formula is C23H21ClN6O4. The predicted octanol–water partition coefficient (Wildman–Crippen LogP) is 3.63. The summed E-state index contributed by atoms with van der Waals surface area (Å²) in [4.78, 5) is 35.9. The van der Waals surface area contributed by atoms with E-state index >= 15 is 0 Å². The van der Waals surface area contributed by atoms with Gasteiger partial charge in [-0.2, -0.15) is 5.26 Å². The van der Waals surface area contributed by atoms with Gasteiger partial charge in [-0.05, 0) is 23.1 Å². The van der Waals surface area contributed by atoms with Gasteiger partial charge in [0.15, 0.2) is 0 Å². The van der Waals surface area contributed by atoms with Crippen LogP contribution in [-0.4, -0.2) is 64.8 Å². The smallest absolute Gasteiger partial charge is 0.407 e. The van der Waals surface area contributed by atoms with Crippen LogP contribution in [0.5, 0.6) is 5.75 Å². The third kappa shape index (κ3) is 4.79. The molecule has 0 radical (unpaired) electrons. The lowest BCUT2D eigenvalue weighted by atomic mass is 10.1. The first kappa shape index (κ1) is 23.1. The van der Waals surface area contributed by atoms with Crippen LogP contribution in [0.15, 0.2) is 42.5 Å². The fourth-order valence-electron chi connectivity index (χ4n) is 3.97. The van der Waals surface area contributed by atoms with Gasteiger partial charge in [0.05, 0.1) is 31.3 Å². The Morgan fingerprint density at radius 3 is 2.79 bits per heavy atom. The maximum absolute atomic E-state index is 13.1. The molecule has 1 aliphatic rings. The van der Waals surface area contributed by atoms with Crippen LogP contribution >= 0.6 is 11.6 Å². The fraction of sp³-hybridized carbons (Fsp3) is 0.261. The van der Waals surface area contributed by atoms with Crippen LogP contribution in [0, 0.1) is 11.3 Å². The van der Waals surface area contributed by atoms with Crippen molar-refractivity contribution in [3.05, 3.63) is 53.4 Å². The standard InChI is InChI=1S/C23H21ClN6O4/c1-34-16-10-14-4-2-3-5-17(14)18(11-16)26-21(31)19-12-20(28-22(24)27-19)29-8-9-30(23(32)33)15(13-29)6-7-25/h2-5,10-12,15H,6,8-9,13H2,1H3,(H,26,31)(H,32,33)/t15-/m0/s1. The van der Waals surface area contributed by atoms with Gasteiger partial charge >= 0.3 is 6.09 Å². The van der Waals surface area contributed by atoms with E-state index in [9.17, 15) is 14.7 Å². The lowest BCUT2D eigenvalue weighted by Gasteiger charge is -2.39. The SMILES string of the molecule is COc1cc(NC(=O)c2cc(N3CCN(C(=O)O)[C@@H](CC#N)C3)nc(Cl)n2)c2ccccc2c1. The molecule has 1 aromatic heterocycles. The monoisotopic (exact) mass is 480 g/mol. The molecule has 0 aliphatic carbocycles. The van der Waals surface area contributed by atoms with E-state index in [0.29, 0.717) is 23.8 Å². The number of carbonyl (C=O) groups is 2. The number of amides is 2. The van der Waals surface area contributed by atoms with E-state index in [1.54, 1.807) is 18.1 Å². The molecule has 1 fully saturated rings. The zero-order valence-electron chi connectivity index (χ0n) is 18.2.